The number of rotatable bonds is 1. The van der Waals surface area contributed by atoms with E-state index >= 15 is 0 Å². The molecule has 21 heavy (non-hydrogen) atoms. The quantitative estimate of drug-likeness (QED) is 0.458. The minimum absolute atomic E-state index is 0.375. The minimum atomic E-state index is 0.375. The highest BCUT2D eigenvalue weighted by molar-refractivity contribution is 5.23. The molecule has 2 rings (SSSR count). The molecule has 2 aliphatic carbocycles. The van der Waals surface area contributed by atoms with E-state index in [4.69, 9.17) is 0 Å². The molecule has 2 aliphatic rings. The average molecular weight is 295 g/mol. The molecule has 0 unspecified atom stereocenters. The Morgan fingerprint density at radius 2 is 1.00 bits per heavy atom. The van der Waals surface area contributed by atoms with Crippen molar-refractivity contribution in [1.29, 1.82) is 0 Å². The lowest BCUT2D eigenvalue weighted by molar-refractivity contribution is 0.538. The molecular weight excluding hydrogens is 252 g/mol. The fourth-order valence-corrected chi connectivity index (χ4v) is 1.23. The van der Waals surface area contributed by atoms with Gasteiger partial charge in [-0.3, -0.25) is 0 Å². The van der Waals surface area contributed by atoms with Gasteiger partial charge in [0.05, 0.1) is 0 Å². The molecule has 0 spiro atoms. The van der Waals surface area contributed by atoms with E-state index in [2.05, 4.69) is 62.5 Å². The number of allylic oxidation sites excluding steroid dienone is 8. The van der Waals surface area contributed by atoms with Gasteiger partial charge in [0.2, 0.25) is 0 Å². The summed E-state index contributed by atoms with van der Waals surface area (Å²) in [6, 6.07) is 0. The molecule has 0 N–H and O–H groups in total. The van der Waals surface area contributed by atoms with Gasteiger partial charge in [0.1, 0.15) is 0 Å². The summed E-state index contributed by atoms with van der Waals surface area (Å²) >= 11 is 0. The van der Waals surface area contributed by atoms with Crippen LogP contribution in [0.4, 0.5) is 0 Å². The van der Waals surface area contributed by atoms with Crippen LogP contribution in [0.1, 0.15) is 82.1 Å². The lowest BCUT2D eigenvalue weighted by Crippen LogP contribution is -2.03. The molecule has 0 radical (unpaired) electrons. The van der Waals surface area contributed by atoms with Crippen molar-refractivity contribution in [3.05, 3.63) is 48.6 Å². The van der Waals surface area contributed by atoms with Crippen LogP contribution in [-0.4, -0.2) is 0 Å². The lowest BCUT2D eigenvalue weighted by Gasteiger charge is -2.14. The Labute approximate surface area is 136 Å². The Balaban J connectivity index is -0.0000000968. The zero-order chi connectivity index (χ0) is 17.6. The van der Waals surface area contributed by atoms with Crippen molar-refractivity contribution in [2.24, 2.45) is 5.41 Å². The third-order valence-electron chi connectivity index (χ3n) is 2.48. The average Bonchev–Trinajstić information content (AvgIpc) is 3.30. The first kappa shape index (κ1) is 28.2. The van der Waals surface area contributed by atoms with Crippen molar-refractivity contribution in [1.82, 2.24) is 0 Å². The molecule has 0 saturated heterocycles. The molecule has 0 amide bonds. The first-order chi connectivity index (χ1) is 10.3. The van der Waals surface area contributed by atoms with Crippen LogP contribution in [0.3, 0.4) is 0 Å². The summed E-state index contributed by atoms with van der Waals surface area (Å²) in [5.41, 5.74) is 0.375. The van der Waals surface area contributed by atoms with E-state index in [9.17, 15) is 0 Å². The van der Waals surface area contributed by atoms with Gasteiger partial charge < -0.3 is 0 Å². The van der Waals surface area contributed by atoms with Crippen molar-refractivity contribution < 1.29 is 0 Å². The normalized spacial score (nSPS) is 13.8. The van der Waals surface area contributed by atoms with Crippen LogP contribution < -0.4 is 0 Å². The maximum absolute atomic E-state index is 2.24. The summed E-state index contributed by atoms with van der Waals surface area (Å²) in [6.45, 7) is 20.5. The maximum atomic E-state index is 2.24. The van der Waals surface area contributed by atoms with E-state index < -0.39 is 0 Å². The predicted molar refractivity (Wildman–Crippen MR) is 105 cm³/mol. The summed E-state index contributed by atoms with van der Waals surface area (Å²) in [5.74, 6) is 0. The molecule has 0 nitrogen and oxygen atoms in total. The first-order valence-corrected chi connectivity index (χ1v) is 8.95. The first-order valence-electron chi connectivity index (χ1n) is 8.95. The van der Waals surface area contributed by atoms with Crippen LogP contribution >= 0.6 is 0 Å². The van der Waals surface area contributed by atoms with Crippen molar-refractivity contribution in [2.45, 2.75) is 82.1 Å². The molecule has 0 bridgehead atoms. The van der Waals surface area contributed by atoms with Crippen LogP contribution in [-0.2, 0) is 0 Å². The monoisotopic (exact) mass is 294 g/mol. The molecule has 0 saturated carbocycles. The lowest BCUT2D eigenvalue weighted by atomic mass is 9.90. The van der Waals surface area contributed by atoms with E-state index in [1.54, 1.807) is 0 Å². The molecule has 0 heterocycles. The van der Waals surface area contributed by atoms with E-state index in [0.29, 0.717) is 5.41 Å². The van der Waals surface area contributed by atoms with Gasteiger partial charge in [0.25, 0.3) is 0 Å². The summed E-state index contributed by atoms with van der Waals surface area (Å²) in [4.78, 5) is 0. The fraction of sp³-hybridized carbons (Fsp3) is 0.619. The van der Waals surface area contributed by atoms with Crippen molar-refractivity contribution in [3.8, 4) is 0 Å². The molecule has 0 heteroatoms. The molecule has 126 valence electrons. The minimum Gasteiger partial charge on any atom is -0.0808 e. The van der Waals surface area contributed by atoms with Crippen LogP contribution in [0.15, 0.2) is 48.6 Å². The largest absolute Gasteiger partial charge is 0.0808 e. The molecular formula is C21H42. The van der Waals surface area contributed by atoms with E-state index in [0.717, 1.165) is 6.42 Å². The zero-order valence-corrected chi connectivity index (χ0v) is 16.5. The summed E-state index contributed by atoms with van der Waals surface area (Å²) in [6.07, 6.45) is 19.4. The van der Waals surface area contributed by atoms with E-state index in [1.807, 2.05) is 55.4 Å². The SMILES string of the molecule is C1=CCC=C1.CC.CC.CC.CC.CCC1(C)C=CC=C1. The van der Waals surface area contributed by atoms with Crippen LogP contribution in [0.5, 0.6) is 0 Å². The second kappa shape index (κ2) is 27.3. The summed E-state index contributed by atoms with van der Waals surface area (Å²) in [5, 5.41) is 0. The smallest absolute Gasteiger partial charge is 0.00363 e. The van der Waals surface area contributed by atoms with Gasteiger partial charge in [0, 0.05) is 5.41 Å². The van der Waals surface area contributed by atoms with Crippen molar-refractivity contribution in [3.63, 3.8) is 0 Å². The molecule has 0 aromatic carbocycles. The van der Waals surface area contributed by atoms with Gasteiger partial charge in [-0.15, -0.1) is 0 Å². The molecule has 0 aromatic heterocycles. The van der Waals surface area contributed by atoms with Gasteiger partial charge in [-0.1, -0.05) is 118 Å². The van der Waals surface area contributed by atoms with Crippen LogP contribution in [0, 0.1) is 5.41 Å². The van der Waals surface area contributed by atoms with E-state index in [-0.39, 0.29) is 0 Å². The number of hydrogen-bond donors (Lipinski definition) is 0. The highest BCUT2D eigenvalue weighted by atomic mass is 14.2. The Kier molecular flexibility index (Phi) is 36.7. The fourth-order valence-electron chi connectivity index (χ4n) is 1.23. The van der Waals surface area contributed by atoms with Crippen LogP contribution in [0.25, 0.3) is 0 Å². The second-order valence-electron chi connectivity index (χ2n) is 3.67. The molecule has 0 aromatic rings. The standard InChI is InChI=1S/C8H12.C5H6.4C2H6/c1-3-8(2)6-4-5-7-8;1-2-4-5-3-1;4*1-2/h4-7H,3H2,1-2H3;1-4H,5H2;4*1-2H3. The Morgan fingerprint density at radius 1 is 0.667 bits per heavy atom. The van der Waals surface area contributed by atoms with Gasteiger partial charge in [-0.2, -0.15) is 0 Å². The second-order valence-corrected chi connectivity index (χ2v) is 3.67. The number of hydrogen-bond acceptors (Lipinski definition) is 0. The van der Waals surface area contributed by atoms with Gasteiger partial charge in [0.15, 0.2) is 0 Å². The summed E-state index contributed by atoms with van der Waals surface area (Å²) < 4.78 is 0. The Morgan fingerprint density at radius 3 is 1.14 bits per heavy atom. The van der Waals surface area contributed by atoms with Crippen molar-refractivity contribution >= 4 is 0 Å². The van der Waals surface area contributed by atoms with Crippen LogP contribution in [0.2, 0.25) is 0 Å². The molecule has 0 fully saturated rings. The van der Waals surface area contributed by atoms with E-state index in [1.165, 1.54) is 6.42 Å². The van der Waals surface area contributed by atoms with Gasteiger partial charge in [-0.25, -0.2) is 0 Å². The topological polar surface area (TPSA) is 0 Å². The molecule has 0 atom stereocenters. The van der Waals surface area contributed by atoms with Gasteiger partial charge >= 0.3 is 0 Å². The third kappa shape index (κ3) is 21.4. The highest BCUT2D eigenvalue weighted by Crippen LogP contribution is 2.28. The zero-order valence-electron chi connectivity index (χ0n) is 16.5. The summed E-state index contributed by atoms with van der Waals surface area (Å²) in [7, 11) is 0. The maximum Gasteiger partial charge on any atom is 0.00363 e. The third-order valence-corrected chi connectivity index (χ3v) is 2.48. The molecule has 0 aliphatic heterocycles. The van der Waals surface area contributed by atoms with Crippen molar-refractivity contribution in [2.75, 3.05) is 0 Å². The Hall–Kier alpha value is -1.04. The Bertz CT molecular complexity index is 229. The van der Waals surface area contributed by atoms with Gasteiger partial charge in [-0.05, 0) is 12.8 Å². The predicted octanol–water partition coefficient (Wildman–Crippen LogP) is 8.14. The highest BCUT2D eigenvalue weighted by Gasteiger charge is 2.15.